The van der Waals surface area contributed by atoms with Gasteiger partial charge in [0.15, 0.2) is 0 Å². The van der Waals surface area contributed by atoms with Crippen molar-refractivity contribution in [2.75, 3.05) is 11.5 Å². The number of benzene rings is 2. The fourth-order valence-electron chi connectivity index (χ4n) is 1.68. The number of hydrogen-bond donors (Lipinski definition) is 3. The van der Waals surface area contributed by atoms with Crippen molar-refractivity contribution < 1.29 is 9.90 Å². The van der Waals surface area contributed by atoms with Crippen LogP contribution in [0, 0.1) is 0 Å². The van der Waals surface area contributed by atoms with E-state index in [0.29, 0.717) is 28.3 Å². The molecule has 102 valence electrons. The van der Waals surface area contributed by atoms with Gasteiger partial charge in [-0.1, -0.05) is 12.1 Å². The molecule has 0 aliphatic carbocycles. The second-order valence-electron chi connectivity index (χ2n) is 4.26. The molecular formula is C14H14N4O2. The van der Waals surface area contributed by atoms with E-state index in [-0.39, 0.29) is 6.42 Å². The molecule has 6 nitrogen and oxygen atoms in total. The van der Waals surface area contributed by atoms with Crippen LogP contribution in [0.15, 0.2) is 52.7 Å². The first-order valence-electron chi connectivity index (χ1n) is 5.92. The van der Waals surface area contributed by atoms with Crippen molar-refractivity contribution >= 4 is 28.7 Å². The number of nitrogens with two attached hydrogens (primary N) is 2. The van der Waals surface area contributed by atoms with E-state index in [0.717, 1.165) is 0 Å². The Hall–Kier alpha value is -2.89. The van der Waals surface area contributed by atoms with Gasteiger partial charge in [0.2, 0.25) is 0 Å². The predicted molar refractivity (Wildman–Crippen MR) is 77.2 cm³/mol. The van der Waals surface area contributed by atoms with Gasteiger partial charge in [-0.2, -0.15) is 5.11 Å². The summed E-state index contributed by atoms with van der Waals surface area (Å²) in [4.78, 5) is 10.7. The van der Waals surface area contributed by atoms with Crippen LogP contribution in [0.5, 0.6) is 0 Å². The zero-order valence-electron chi connectivity index (χ0n) is 10.7. The lowest BCUT2D eigenvalue weighted by Crippen LogP contribution is -1.99. The first-order chi connectivity index (χ1) is 9.54. The third-order valence-electron chi connectivity index (χ3n) is 2.59. The number of nitrogen functional groups attached to an aromatic ring is 2. The third-order valence-corrected chi connectivity index (χ3v) is 2.59. The molecular weight excluding hydrogens is 256 g/mol. The van der Waals surface area contributed by atoms with Gasteiger partial charge in [-0.25, -0.2) is 0 Å². The van der Waals surface area contributed by atoms with E-state index in [9.17, 15) is 4.79 Å². The predicted octanol–water partition coefficient (Wildman–Crippen LogP) is 2.89. The highest BCUT2D eigenvalue weighted by Gasteiger charge is 2.01. The summed E-state index contributed by atoms with van der Waals surface area (Å²) in [6, 6.07) is 11.8. The van der Waals surface area contributed by atoms with Crippen molar-refractivity contribution in [2.24, 2.45) is 10.2 Å². The Morgan fingerprint density at radius 1 is 1.10 bits per heavy atom. The quantitative estimate of drug-likeness (QED) is 0.585. The maximum absolute atomic E-state index is 10.7. The molecule has 20 heavy (non-hydrogen) atoms. The van der Waals surface area contributed by atoms with Crippen molar-refractivity contribution in [3.05, 3.63) is 48.0 Å². The molecule has 0 unspecified atom stereocenters. The summed E-state index contributed by atoms with van der Waals surface area (Å²) in [6.07, 6.45) is -0.0482. The van der Waals surface area contributed by atoms with Crippen molar-refractivity contribution in [3.63, 3.8) is 0 Å². The highest BCUT2D eigenvalue weighted by Crippen LogP contribution is 2.26. The molecule has 6 heteroatoms. The number of anilines is 2. The number of carboxylic acid groups (broad SMARTS) is 1. The van der Waals surface area contributed by atoms with E-state index >= 15 is 0 Å². The zero-order valence-corrected chi connectivity index (χ0v) is 10.7. The third kappa shape index (κ3) is 3.55. The molecule has 0 heterocycles. The first kappa shape index (κ1) is 13.5. The van der Waals surface area contributed by atoms with Crippen LogP contribution in [-0.4, -0.2) is 11.1 Å². The lowest BCUT2D eigenvalue weighted by molar-refractivity contribution is -0.136. The van der Waals surface area contributed by atoms with Gasteiger partial charge >= 0.3 is 5.97 Å². The highest BCUT2D eigenvalue weighted by atomic mass is 16.4. The summed E-state index contributed by atoms with van der Waals surface area (Å²) >= 11 is 0. The maximum Gasteiger partial charge on any atom is 0.307 e. The van der Waals surface area contributed by atoms with Gasteiger partial charge < -0.3 is 16.6 Å². The number of rotatable bonds is 4. The Kier molecular flexibility index (Phi) is 3.95. The van der Waals surface area contributed by atoms with Gasteiger partial charge in [0.25, 0.3) is 0 Å². The molecule has 0 radical (unpaired) electrons. The Labute approximate surface area is 115 Å². The molecule has 0 aromatic heterocycles. The molecule has 0 saturated heterocycles. The lowest BCUT2D eigenvalue weighted by Gasteiger charge is -2.01. The van der Waals surface area contributed by atoms with Crippen LogP contribution in [0.3, 0.4) is 0 Å². The Morgan fingerprint density at radius 3 is 2.60 bits per heavy atom. The number of aliphatic carboxylic acids is 1. The van der Waals surface area contributed by atoms with E-state index in [1.165, 1.54) is 0 Å². The van der Waals surface area contributed by atoms with Crippen molar-refractivity contribution in [1.29, 1.82) is 0 Å². The SMILES string of the molecule is Nc1ccc(N=Nc2cccc(CC(=O)O)c2)c(N)c1. The first-order valence-corrected chi connectivity index (χ1v) is 5.92. The number of carboxylic acids is 1. The van der Waals surface area contributed by atoms with E-state index in [2.05, 4.69) is 10.2 Å². The zero-order chi connectivity index (χ0) is 14.5. The summed E-state index contributed by atoms with van der Waals surface area (Å²) in [7, 11) is 0. The van der Waals surface area contributed by atoms with Crippen LogP contribution in [-0.2, 0) is 11.2 Å². The minimum Gasteiger partial charge on any atom is -0.481 e. The van der Waals surface area contributed by atoms with E-state index < -0.39 is 5.97 Å². The molecule has 0 amide bonds. The molecule has 0 fully saturated rings. The molecule has 0 aliphatic rings. The smallest absolute Gasteiger partial charge is 0.307 e. The van der Waals surface area contributed by atoms with Crippen LogP contribution >= 0.6 is 0 Å². The monoisotopic (exact) mass is 270 g/mol. The van der Waals surface area contributed by atoms with Crippen LogP contribution < -0.4 is 11.5 Å². The number of nitrogens with zero attached hydrogens (tertiary/aromatic N) is 2. The molecule has 0 atom stereocenters. The van der Waals surface area contributed by atoms with Crippen LogP contribution in [0.25, 0.3) is 0 Å². The fraction of sp³-hybridized carbons (Fsp3) is 0.0714. The van der Waals surface area contributed by atoms with Gasteiger partial charge in [0.1, 0.15) is 5.69 Å². The number of carbonyl (C=O) groups is 1. The van der Waals surface area contributed by atoms with E-state index in [1.54, 1.807) is 42.5 Å². The van der Waals surface area contributed by atoms with Gasteiger partial charge in [0.05, 0.1) is 17.8 Å². The minimum atomic E-state index is -0.887. The fourth-order valence-corrected chi connectivity index (χ4v) is 1.68. The van der Waals surface area contributed by atoms with E-state index in [4.69, 9.17) is 16.6 Å². The van der Waals surface area contributed by atoms with Gasteiger partial charge in [-0.3, -0.25) is 4.79 Å². The van der Waals surface area contributed by atoms with Crippen molar-refractivity contribution in [1.82, 2.24) is 0 Å². The Bertz CT molecular complexity index is 668. The summed E-state index contributed by atoms with van der Waals surface area (Å²) in [6.45, 7) is 0. The van der Waals surface area contributed by atoms with Crippen LogP contribution in [0.4, 0.5) is 22.7 Å². The molecule has 0 aliphatic heterocycles. The normalized spacial score (nSPS) is 10.8. The summed E-state index contributed by atoms with van der Waals surface area (Å²) in [5.41, 5.74) is 14.1. The van der Waals surface area contributed by atoms with Gasteiger partial charge in [-0.05, 0) is 35.9 Å². The van der Waals surface area contributed by atoms with Crippen LogP contribution in [0.2, 0.25) is 0 Å². The standard InChI is InChI=1S/C14H14N4O2/c15-10-4-5-13(12(16)8-10)18-17-11-3-1-2-9(6-11)7-14(19)20/h1-6,8H,7,15-16H2,(H,19,20). The van der Waals surface area contributed by atoms with Crippen molar-refractivity contribution in [2.45, 2.75) is 6.42 Å². The van der Waals surface area contributed by atoms with Gasteiger partial charge in [0, 0.05) is 5.69 Å². The summed E-state index contributed by atoms with van der Waals surface area (Å²) in [5, 5.41) is 16.8. The summed E-state index contributed by atoms with van der Waals surface area (Å²) in [5.74, 6) is -0.887. The number of hydrogen-bond acceptors (Lipinski definition) is 5. The molecule has 0 spiro atoms. The average molecular weight is 270 g/mol. The summed E-state index contributed by atoms with van der Waals surface area (Å²) < 4.78 is 0. The lowest BCUT2D eigenvalue weighted by atomic mass is 10.1. The second kappa shape index (κ2) is 5.83. The number of azo groups is 1. The Morgan fingerprint density at radius 2 is 1.90 bits per heavy atom. The highest BCUT2D eigenvalue weighted by molar-refractivity contribution is 5.70. The topological polar surface area (TPSA) is 114 Å². The molecule has 2 aromatic rings. The second-order valence-corrected chi connectivity index (χ2v) is 4.26. The van der Waals surface area contributed by atoms with E-state index in [1.807, 2.05) is 0 Å². The molecule has 2 rings (SSSR count). The average Bonchev–Trinajstić information content (AvgIpc) is 2.37. The molecule has 0 bridgehead atoms. The molecule has 5 N–H and O–H groups in total. The molecule has 0 saturated carbocycles. The minimum absolute atomic E-state index is 0.0482. The maximum atomic E-state index is 10.7. The largest absolute Gasteiger partial charge is 0.481 e. The van der Waals surface area contributed by atoms with Gasteiger partial charge in [-0.15, -0.1) is 5.11 Å². The van der Waals surface area contributed by atoms with Crippen LogP contribution in [0.1, 0.15) is 5.56 Å². The molecule has 2 aromatic carbocycles. The Balaban J connectivity index is 2.20. The van der Waals surface area contributed by atoms with Crippen molar-refractivity contribution in [3.8, 4) is 0 Å².